The van der Waals surface area contributed by atoms with Crippen LogP contribution >= 0.6 is 12.2 Å². The molecule has 0 spiro atoms. The fourth-order valence-corrected chi connectivity index (χ4v) is 1.94. The van der Waals surface area contributed by atoms with E-state index in [-0.39, 0.29) is 6.04 Å². The van der Waals surface area contributed by atoms with Crippen molar-refractivity contribution in [3.63, 3.8) is 0 Å². The third-order valence-electron chi connectivity index (χ3n) is 2.59. The summed E-state index contributed by atoms with van der Waals surface area (Å²) in [7, 11) is 0. The highest BCUT2D eigenvalue weighted by Crippen LogP contribution is 2.11. The smallest absolute Gasteiger partial charge is 0.172 e. The van der Waals surface area contributed by atoms with Crippen LogP contribution in [0.1, 0.15) is 24.2 Å². The summed E-state index contributed by atoms with van der Waals surface area (Å²) < 4.78 is 0. The van der Waals surface area contributed by atoms with Crippen LogP contribution in [0, 0.1) is 6.92 Å². The van der Waals surface area contributed by atoms with E-state index in [1.54, 1.807) is 0 Å². The molecule has 4 nitrogen and oxygen atoms in total. The summed E-state index contributed by atoms with van der Waals surface area (Å²) in [6.07, 6.45) is 0. The number of hydrogen-bond acceptors (Lipinski definition) is 2. The van der Waals surface area contributed by atoms with Gasteiger partial charge in [-0.1, -0.05) is 30.3 Å². The monoisotopic (exact) mass is 260 g/mol. The number of aryl methyl sites for hydroxylation is 1. The van der Waals surface area contributed by atoms with Crippen LogP contribution < -0.4 is 10.6 Å². The fraction of sp³-hybridized carbons (Fsp3) is 0.231. The molecule has 1 aromatic carbocycles. The lowest BCUT2D eigenvalue weighted by Gasteiger charge is -2.16. The first-order valence-corrected chi connectivity index (χ1v) is 6.20. The second kappa shape index (κ2) is 5.64. The molecule has 2 rings (SSSR count). The van der Waals surface area contributed by atoms with Crippen LogP contribution in [0.3, 0.4) is 0 Å². The molecule has 1 heterocycles. The summed E-state index contributed by atoms with van der Waals surface area (Å²) in [6.45, 7) is 4.01. The van der Waals surface area contributed by atoms with Crippen molar-refractivity contribution < 1.29 is 0 Å². The molecule has 0 aliphatic carbocycles. The van der Waals surface area contributed by atoms with Gasteiger partial charge in [0.1, 0.15) is 0 Å². The molecule has 94 valence electrons. The third kappa shape index (κ3) is 3.30. The molecular formula is C13H16N4S. The van der Waals surface area contributed by atoms with Gasteiger partial charge in [-0.3, -0.25) is 5.10 Å². The largest absolute Gasteiger partial charge is 0.356 e. The number of anilines is 1. The van der Waals surface area contributed by atoms with E-state index >= 15 is 0 Å². The maximum absolute atomic E-state index is 5.25. The van der Waals surface area contributed by atoms with E-state index in [1.165, 1.54) is 5.56 Å². The van der Waals surface area contributed by atoms with Gasteiger partial charge in [-0.2, -0.15) is 5.10 Å². The van der Waals surface area contributed by atoms with Gasteiger partial charge in [0.15, 0.2) is 10.9 Å². The van der Waals surface area contributed by atoms with Crippen LogP contribution in [0.25, 0.3) is 0 Å². The number of thiocarbonyl (C=S) groups is 1. The molecule has 0 saturated carbocycles. The summed E-state index contributed by atoms with van der Waals surface area (Å²) in [5, 5.41) is 13.8. The van der Waals surface area contributed by atoms with Gasteiger partial charge in [0.25, 0.3) is 0 Å². The van der Waals surface area contributed by atoms with E-state index in [0.717, 1.165) is 11.5 Å². The second-order valence-corrected chi connectivity index (χ2v) is 4.58. The Morgan fingerprint density at radius 3 is 2.67 bits per heavy atom. The van der Waals surface area contributed by atoms with Gasteiger partial charge in [-0.05, 0) is 31.6 Å². The molecule has 3 N–H and O–H groups in total. The average molecular weight is 260 g/mol. The summed E-state index contributed by atoms with van der Waals surface area (Å²) in [4.78, 5) is 0. The normalized spacial score (nSPS) is 11.9. The Morgan fingerprint density at radius 1 is 1.33 bits per heavy atom. The van der Waals surface area contributed by atoms with E-state index in [9.17, 15) is 0 Å². The third-order valence-corrected chi connectivity index (χ3v) is 2.81. The minimum atomic E-state index is 0.159. The minimum Gasteiger partial charge on any atom is -0.356 e. The van der Waals surface area contributed by atoms with Crippen molar-refractivity contribution >= 4 is 23.1 Å². The summed E-state index contributed by atoms with van der Waals surface area (Å²) in [5.41, 5.74) is 2.19. The van der Waals surface area contributed by atoms with Crippen molar-refractivity contribution in [1.82, 2.24) is 15.5 Å². The van der Waals surface area contributed by atoms with Crippen LogP contribution in [0.4, 0.5) is 5.82 Å². The SMILES string of the molecule is Cc1cc(NC(=S)N[C@@H](C)c2ccccc2)n[nH]1. The molecule has 0 amide bonds. The number of hydrogen-bond donors (Lipinski definition) is 3. The number of H-pyrrole nitrogens is 1. The highest BCUT2D eigenvalue weighted by molar-refractivity contribution is 7.80. The van der Waals surface area contributed by atoms with Crippen molar-refractivity contribution in [2.45, 2.75) is 19.9 Å². The van der Waals surface area contributed by atoms with Crippen molar-refractivity contribution in [1.29, 1.82) is 0 Å². The number of nitrogens with zero attached hydrogens (tertiary/aromatic N) is 1. The van der Waals surface area contributed by atoms with E-state index in [4.69, 9.17) is 12.2 Å². The Morgan fingerprint density at radius 2 is 2.06 bits per heavy atom. The number of nitrogens with one attached hydrogen (secondary N) is 3. The number of benzene rings is 1. The van der Waals surface area contributed by atoms with Crippen LogP contribution in [-0.4, -0.2) is 15.3 Å². The molecule has 2 aromatic rings. The van der Waals surface area contributed by atoms with Gasteiger partial charge >= 0.3 is 0 Å². The molecule has 5 heteroatoms. The molecule has 0 radical (unpaired) electrons. The Hall–Kier alpha value is -1.88. The Kier molecular flexibility index (Phi) is 3.94. The molecule has 0 saturated heterocycles. The van der Waals surface area contributed by atoms with Crippen LogP contribution in [0.15, 0.2) is 36.4 Å². The molecule has 1 aromatic heterocycles. The lowest BCUT2D eigenvalue weighted by molar-refractivity contribution is 0.722. The van der Waals surface area contributed by atoms with Crippen molar-refractivity contribution in [2.75, 3.05) is 5.32 Å². The molecule has 18 heavy (non-hydrogen) atoms. The van der Waals surface area contributed by atoms with Crippen LogP contribution in [0.2, 0.25) is 0 Å². The molecule has 0 aliphatic rings. The van der Waals surface area contributed by atoms with Gasteiger partial charge in [0.05, 0.1) is 6.04 Å². The topological polar surface area (TPSA) is 52.7 Å². The Balaban J connectivity index is 1.92. The Bertz CT molecular complexity index is 521. The first-order valence-electron chi connectivity index (χ1n) is 5.79. The number of rotatable bonds is 3. The predicted octanol–water partition coefficient (Wildman–Crippen LogP) is 2.77. The minimum absolute atomic E-state index is 0.159. The standard InChI is InChI=1S/C13H16N4S/c1-9-8-12(17-16-9)15-13(18)14-10(2)11-6-4-3-5-7-11/h3-8,10H,1-2H3,(H3,14,15,16,17,18)/t10-/m0/s1. The summed E-state index contributed by atoms with van der Waals surface area (Å²) in [5.74, 6) is 0.727. The average Bonchev–Trinajstić information content (AvgIpc) is 2.75. The Labute approximate surface area is 112 Å². The first kappa shape index (κ1) is 12.6. The highest BCUT2D eigenvalue weighted by atomic mass is 32.1. The summed E-state index contributed by atoms with van der Waals surface area (Å²) >= 11 is 5.25. The van der Waals surface area contributed by atoms with Gasteiger partial charge in [-0.15, -0.1) is 0 Å². The van der Waals surface area contributed by atoms with Gasteiger partial charge < -0.3 is 10.6 Å². The first-order chi connectivity index (χ1) is 8.65. The maximum Gasteiger partial charge on any atom is 0.172 e. The quantitative estimate of drug-likeness (QED) is 0.743. The zero-order valence-electron chi connectivity index (χ0n) is 10.4. The number of aromatic amines is 1. The molecule has 0 fully saturated rings. The maximum atomic E-state index is 5.25. The zero-order valence-corrected chi connectivity index (χ0v) is 11.2. The van der Waals surface area contributed by atoms with E-state index in [1.807, 2.05) is 31.2 Å². The second-order valence-electron chi connectivity index (χ2n) is 4.17. The molecule has 0 bridgehead atoms. The van der Waals surface area contributed by atoms with Crippen molar-refractivity contribution in [3.05, 3.63) is 47.7 Å². The summed E-state index contributed by atoms with van der Waals surface area (Å²) in [6, 6.07) is 12.2. The van der Waals surface area contributed by atoms with Crippen molar-refractivity contribution in [3.8, 4) is 0 Å². The van der Waals surface area contributed by atoms with Crippen LogP contribution in [0.5, 0.6) is 0 Å². The number of aromatic nitrogens is 2. The molecule has 0 unspecified atom stereocenters. The molecule has 0 aliphatic heterocycles. The lowest BCUT2D eigenvalue weighted by atomic mass is 10.1. The van der Waals surface area contributed by atoms with E-state index in [2.05, 4.69) is 39.9 Å². The lowest BCUT2D eigenvalue weighted by Crippen LogP contribution is -2.30. The van der Waals surface area contributed by atoms with Crippen LogP contribution in [-0.2, 0) is 0 Å². The van der Waals surface area contributed by atoms with E-state index < -0.39 is 0 Å². The fourth-order valence-electron chi connectivity index (χ4n) is 1.66. The zero-order chi connectivity index (χ0) is 13.0. The van der Waals surface area contributed by atoms with Crippen molar-refractivity contribution in [2.24, 2.45) is 0 Å². The predicted molar refractivity (Wildman–Crippen MR) is 77.5 cm³/mol. The van der Waals surface area contributed by atoms with E-state index in [0.29, 0.717) is 5.11 Å². The molecular weight excluding hydrogens is 244 g/mol. The van der Waals surface area contributed by atoms with Gasteiger partial charge in [0.2, 0.25) is 0 Å². The van der Waals surface area contributed by atoms with Gasteiger partial charge in [0, 0.05) is 11.8 Å². The van der Waals surface area contributed by atoms with Gasteiger partial charge in [-0.25, -0.2) is 0 Å². The highest BCUT2D eigenvalue weighted by Gasteiger charge is 2.07. The molecule has 1 atom stereocenters.